The number of esters is 1. The Hall–Kier alpha value is -3.38. The highest BCUT2D eigenvalue weighted by Gasteiger charge is 2.41. The van der Waals surface area contributed by atoms with Gasteiger partial charge in [-0.05, 0) is 34.1 Å². The number of amides is 1. The Morgan fingerprint density at radius 1 is 1.24 bits per heavy atom. The summed E-state index contributed by atoms with van der Waals surface area (Å²) in [5.74, 6) is -1.21. The van der Waals surface area contributed by atoms with Crippen LogP contribution in [0.25, 0.3) is 0 Å². The first-order valence-corrected chi connectivity index (χ1v) is 10.8. The molecule has 13 nitrogen and oxygen atoms in total. The molecule has 13 heteroatoms. The molecular formula is C20H32N6O7. The molecule has 1 aromatic rings. The summed E-state index contributed by atoms with van der Waals surface area (Å²) in [6.45, 7) is 9.30. The van der Waals surface area contributed by atoms with Crippen LogP contribution in [0.15, 0.2) is 0 Å². The number of aromatic nitrogens is 2. The van der Waals surface area contributed by atoms with Gasteiger partial charge in [0, 0.05) is 13.1 Å². The fourth-order valence-electron chi connectivity index (χ4n) is 3.16. The average Bonchev–Trinajstić information content (AvgIpc) is 2.71. The van der Waals surface area contributed by atoms with Crippen LogP contribution in [0.2, 0.25) is 0 Å². The van der Waals surface area contributed by atoms with Gasteiger partial charge in [0.2, 0.25) is 11.6 Å². The third-order valence-corrected chi connectivity index (χ3v) is 4.65. The highest BCUT2D eigenvalue weighted by molar-refractivity contribution is 5.84. The number of anilines is 2. The monoisotopic (exact) mass is 468 g/mol. The van der Waals surface area contributed by atoms with E-state index in [0.29, 0.717) is 6.61 Å². The molecule has 0 radical (unpaired) electrons. The number of rotatable bonds is 8. The zero-order chi connectivity index (χ0) is 24.8. The van der Waals surface area contributed by atoms with Crippen LogP contribution < -0.4 is 15.4 Å². The van der Waals surface area contributed by atoms with Gasteiger partial charge in [-0.1, -0.05) is 13.3 Å². The molecule has 2 heterocycles. The van der Waals surface area contributed by atoms with Crippen molar-refractivity contribution in [1.82, 2.24) is 14.9 Å². The Morgan fingerprint density at radius 2 is 1.94 bits per heavy atom. The number of unbranched alkanes of at least 4 members (excludes halogenated alkanes) is 1. The lowest BCUT2D eigenvalue weighted by molar-refractivity contribution is -0.383. The van der Waals surface area contributed by atoms with Gasteiger partial charge in [-0.2, -0.15) is 9.97 Å². The van der Waals surface area contributed by atoms with Crippen molar-refractivity contribution in [3.05, 3.63) is 10.1 Å². The van der Waals surface area contributed by atoms with Crippen molar-refractivity contribution in [3.63, 3.8) is 0 Å². The molecule has 1 fully saturated rings. The van der Waals surface area contributed by atoms with Gasteiger partial charge in [-0.15, -0.1) is 0 Å². The van der Waals surface area contributed by atoms with Crippen molar-refractivity contribution in [2.75, 3.05) is 43.5 Å². The summed E-state index contributed by atoms with van der Waals surface area (Å²) in [5, 5.41) is 11.8. The first-order chi connectivity index (χ1) is 15.5. The summed E-state index contributed by atoms with van der Waals surface area (Å²) in [6, 6.07) is -1.19. The number of nitrogens with zero attached hydrogens (tertiary/aromatic N) is 5. The third-order valence-electron chi connectivity index (χ3n) is 4.65. The van der Waals surface area contributed by atoms with Gasteiger partial charge in [0.25, 0.3) is 0 Å². The molecule has 1 aliphatic heterocycles. The Labute approximate surface area is 192 Å². The first-order valence-electron chi connectivity index (χ1n) is 10.8. The minimum Gasteiger partial charge on any atom is -0.464 e. The van der Waals surface area contributed by atoms with Gasteiger partial charge in [0.15, 0.2) is 0 Å². The molecule has 33 heavy (non-hydrogen) atoms. The lowest BCUT2D eigenvalue weighted by Gasteiger charge is -2.40. The van der Waals surface area contributed by atoms with Crippen LogP contribution >= 0.6 is 0 Å². The zero-order valence-electron chi connectivity index (χ0n) is 19.7. The van der Waals surface area contributed by atoms with Crippen molar-refractivity contribution in [1.29, 1.82) is 0 Å². The van der Waals surface area contributed by atoms with E-state index >= 15 is 0 Å². The van der Waals surface area contributed by atoms with Crippen LogP contribution in [0.4, 0.5) is 22.1 Å². The van der Waals surface area contributed by atoms with E-state index in [2.05, 4.69) is 9.97 Å². The normalized spacial score (nSPS) is 16.3. The van der Waals surface area contributed by atoms with E-state index < -0.39 is 34.3 Å². The Kier molecular flexibility index (Phi) is 8.60. The van der Waals surface area contributed by atoms with E-state index in [4.69, 9.17) is 19.9 Å². The topological polar surface area (TPSA) is 163 Å². The molecule has 0 saturated carbocycles. The standard InChI is InChI=1S/C20H32N6O7/c1-6-8-11-32-18-22-15(21)14(26(29)30)16(23-18)25-10-9-24(19(28)33-20(3,4)5)12-13(25)17(27)31-7-2/h13H,6-12H2,1-5H3,(H2,21,22,23). The number of nitrogen functional groups attached to an aromatic ring is 1. The highest BCUT2D eigenvalue weighted by atomic mass is 16.6. The minimum absolute atomic E-state index is 0.0500. The summed E-state index contributed by atoms with van der Waals surface area (Å²) < 4.78 is 16.1. The molecule has 1 atom stereocenters. The van der Waals surface area contributed by atoms with Crippen molar-refractivity contribution in [3.8, 4) is 6.01 Å². The summed E-state index contributed by atoms with van der Waals surface area (Å²) in [6.07, 6.45) is 0.999. The van der Waals surface area contributed by atoms with E-state index in [1.54, 1.807) is 27.7 Å². The van der Waals surface area contributed by atoms with Crippen LogP contribution in [0.3, 0.4) is 0 Å². The van der Waals surface area contributed by atoms with Gasteiger partial charge in [-0.25, -0.2) is 9.59 Å². The van der Waals surface area contributed by atoms with Crippen LogP contribution in [-0.4, -0.2) is 76.3 Å². The van der Waals surface area contributed by atoms with Crippen LogP contribution in [0, 0.1) is 10.1 Å². The summed E-state index contributed by atoms with van der Waals surface area (Å²) in [7, 11) is 0. The largest absolute Gasteiger partial charge is 0.464 e. The van der Waals surface area contributed by atoms with Gasteiger partial charge in [0.1, 0.15) is 11.6 Å². The maximum absolute atomic E-state index is 12.8. The van der Waals surface area contributed by atoms with Crippen molar-refractivity contribution < 1.29 is 28.7 Å². The van der Waals surface area contributed by atoms with Crippen molar-refractivity contribution in [2.45, 2.75) is 59.1 Å². The van der Waals surface area contributed by atoms with E-state index in [9.17, 15) is 19.7 Å². The molecule has 0 aromatic carbocycles. The summed E-state index contributed by atoms with van der Waals surface area (Å²) in [5.41, 5.74) is 4.59. The second-order valence-corrected chi connectivity index (χ2v) is 8.41. The molecular weight excluding hydrogens is 436 g/mol. The van der Waals surface area contributed by atoms with Gasteiger partial charge in [0.05, 0.1) is 24.7 Å². The number of hydrogen-bond donors (Lipinski definition) is 1. The predicted molar refractivity (Wildman–Crippen MR) is 119 cm³/mol. The second kappa shape index (κ2) is 11.0. The van der Waals surface area contributed by atoms with Crippen LogP contribution in [0.1, 0.15) is 47.5 Å². The molecule has 0 aliphatic carbocycles. The maximum atomic E-state index is 12.8. The third kappa shape index (κ3) is 6.80. The quantitative estimate of drug-likeness (QED) is 0.257. The Morgan fingerprint density at radius 3 is 2.52 bits per heavy atom. The van der Waals surface area contributed by atoms with E-state index in [1.165, 1.54) is 9.80 Å². The van der Waals surface area contributed by atoms with Crippen molar-refractivity contribution >= 4 is 29.4 Å². The van der Waals surface area contributed by atoms with Crippen LogP contribution in [0.5, 0.6) is 6.01 Å². The number of carbonyl (C=O) groups is 2. The molecule has 1 amide bonds. The fraction of sp³-hybridized carbons (Fsp3) is 0.700. The molecule has 1 aromatic heterocycles. The summed E-state index contributed by atoms with van der Waals surface area (Å²) >= 11 is 0. The van der Waals surface area contributed by atoms with E-state index in [-0.39, 0.29) is 43.9 Å². The lowest BCUT2D eigenvalue weighted by Crippen LogP contribution is -2.59. The smallest absolute Gasteiger partial charge is 0.410 e. The fourth-order valence-corrected chi connectivity index (χ4v) is 3.16. The Bertz CT molecular complexity index is 873. The number of piperazine rings is 1. The molecule has 184 valence electrons. The molecule has 2 N–H and O–H groups in total. The van der Waals surface area contributed by atoms with E-state index in [1.807, 2.05) is 6.92 Å². The predicted octanol–water partition coefficient (Wildman–Crippen LogP) is 2.13. The molecule has 0 bridgehead atoms. The van der Waals surface area contributed by atoms with Gasteiger partial charge in [-0.3, -0.25) is 10.1 Å². The lowest BCUT2D eigenvalue weighted by atomic mass is 10.1. The maximum Gasteiger partial charge on any atom is 0.410 e. The molecule has 2 rings (SSSR count). The zero-order valence-corrected chi connectivity index (χ0v) is 19.7. The van der Waals surface area contributed by atoms with Crippen molar-refractivity contribution in [2.24, 2.45) is 0 Å². The number of nitro groups is 1. The van der Waals surface area contributed by atoms with Gasteiger partial charge >= 0.3 is 23.8 Å². The van der Waals surface area contributed by atoms with Crippen LogP contribution in [-0.2, 0) is 14.3 Å². The minimum atomic E-state index is -1.07. The molecule has 1 unspecified atom stereocenters. The number of carbonyl (C=O) groups excluding carboxylic acids is 2. The summed E-state index contributed by atoms with van der Waals surface area (Å²) in [4.78, 5) is 47.3. The number of nitrogens with two attached hydrogens (primary N) is 1. The molecule has 0 spiro atoms. The van der Waals surface area contributed by atoms with E-state index in [0.717, 1.165) is 12.8 Å². The molecule has 1 saturated heterocycles. The second-order valence-electron chi connectivity index (χ2n) is 8.41. The SMILES string of the molecule is CCCCOc1nc(N)c([N+](=O)[O-])c(N2CCN(C(=O)OC(C)(C)C)CC2C(=O)OCC)n1. The first kappa shape index (κ1) is 25.9. The highest BCUT2D eigenvalue weighted by Crippen LogP contribution is 2.35. The number of hydrogen-bond acceptors (Lipinski definition) is 11. The molecule has 1 aliphatic rings. The average molecular weight is 469 g/mol. The number of ether oxygens (including phenoxy) is 3. The Balaban J connectivity index is 2.43. The van der Waals surface area contributed by atoms with Gasteiger partial charge < -0.3 is 29.7 Å².